The van der Waals surface area contributed by atoms with E-state index in [-0.39, 0.29) is 18.6 Å². The lowest BCUT2D eigenvalue weighted by Crippen LogP contribution is -2.50. The Bertz CT molecular complexity index is 1100. The molecule has 0 bridgehead atoms. The number of fused-ring (bicyclic) bond motifs is 3. The Morgan fingerprint density at radius 1 is 1.38 bits per heavy atom. The Morgan fingerprint density at radius 2 is 2.10 bits per heavy atom. The van der Waals surface area contributed by atoms with Crippen molar-refractivity contribution < 1.29 is 17.9 Å². The fraction of sp³-hybridized carbons (Fsp3) is 0.450. The number of halogens is 4. The van der Waals surface area contributed by atoms with Crippen molar-refractivity contribution in [3.8, 4) is 5.75 Å². The van der Waals surface area contributed by atoms with Crippen molar-refractivity contribution in [2.75, 3.05) is 13.2 Å². The van der Waals surface area contributed by atoms with Gasteiger partial charge in [0.25, 0.3) is 5.56 Å². The van der Waals surface area contributed by atoms with E-state index in [0.717, 1.165) is 21.8 Å². The number of nitrogens with zero attached hydrogens (tertiary/aromatic N) is 1. The van der Waals surface area contributed by atoms with Gasteiger partial charge in [-0.05, 0) is 30.7 Å². The van der Waals surface area contributed by atoms with Crippen LogP contribution in [-0.2, 0) is 7.05 Å². The molecule has 0 fully saturated rings. The maximum Gasteiger partial charge on any atom is 0.391 e. The van der Waals surface area contributed by atoms with Gasteiger partial charge in [0.05, 0.1) is 22.7 Å². The number of ether oxygens (including phenoxy) is 1. The highest BCUT2D eigenvalue weighted by Crippen LogP contribution is 2.29. The van der Waals surface area contributed by atoms with Gasteiger partial charge in [-0.3, -0.25) is 8.32 Å². The second-order valence-corrected chi connectivity index (χ2v) is 7.96. The lowest BCUT2D eigenvalue weighted by molar-refractivity contribution is -0.172. The summed E-state index contributed by atoms with van der Waals surface area (Å²) >= 11 is 1.85. The number of nitrogens with one attached hydrogen (secondary N) is 2. The van der Waals surface area contributed by atoms with Crippen LogP contribution in [0.5, 0.6) is 5.75 Å². The molecule has 2 heterocycles. The number of hydrogen-bond donors (Lipinski definition) is 2. The van der Waals surface area contributed by atoms with Gasteiger partial charge in [0.1, 0.15) is 12.4 Å². The van der Waals surface area contributed by atoms with E-state index in [9.17, 15) is 18.0 Å². The smallest absolute Gasteiger partial charge is 0.391 e. The average Bonchev–Trinajstić information content (AvgIpc) is 2.68. The summed E-state index contributed by atoms with van der Waals surface area (Å²) < 4.78 is 48.6. The molecule has 1 aliphatic rings. The van der Waals surface area contributed by atoms with E-state index in [4.69, 9.17) is 4.74 Å². The number of pyridine rings is 1. The Hall–Kier alpha value is -1.75. The third-order valence-electron chi connectivity index (χ3n) is 5.26. The van der Waals surface area contributed by atoms with Crippen LogP contribution >= 0.6 is 22.9 Å². The summed E-state index contributed by atoms with van der Waals surface area (Å²) in [6.07, 6.45) is -2.32. The molecule has 0 saturated carbocycles. The number of alkyl halides is 3. The van der Waals surface area contributed by atoms with Gasteiger partial charge in [-0.15, -0.1) is 0 Å². The predicted octanol–water partition coefficient (Wildman–Crippen LogP) is 2.33. The monoisotopic (exact) mass is 521 g/mol. The number of hydrogen-bond acceptors (Lipinski definition) is 4. The third kappa shape index (κ3) is 4.55. The van der Waals surface area contributed by atoms with E-state index < -0.39 is 18.1 Å². The maximum atomic E-state index is 12.8. The fourth-order valence-corrected chi connectivity index (χ4v) is 3.94. The Kier molecular flexibility index (Phi) is 6.47. The maximum absolute atomic E-state index is 12.8. The lowest BCUT2D eigenvalue weighted by Gasteiger charge is -2.22. The number of benzene rings is 1. The highest BCUT2D eigenvalue weighted by Gasteiger charge is 2.37. The fourth-order valence-electron chi connectivity index (χ4n) is 3.50. The summed E-state index contributed by atoms with van der Waals surface area (Å²) in [4.78, 5) is 12.8. The molecule has 2 atom stereocenters. The molecule has 2 unspecified atom stereocenters. The summed E-state index contributed by atoms with van der Waals surface area (Å²) in [5, 5.41) is 5.68. The standard InChI is InChI=1S/C20H23F3IN3O2/c1-11(20(21,22)23)8-13(26-24)10-29-14-4-5-15-16-6-7-25-12(2)18(16)19(28)27(3)17(15)9-14/h4-6,9,11,13,25-26H,7-8,10H2,1-3H3. The summed E-state index contributed by atoms with van der Waals surface area (Å²) in [5.41, 5.74) is 1.47. The van der Waals surface area contributed by atoms with Crippen LogP contribution < -0.4 is 29.6 Å². The molecule has 1 aromatic heterocycles. The molecule has 2 N–H and O–H groups in total. The van der Waals surface area contributed by atoms with Gasteiger partial charge in [0.15, 0.2) is 0 Å². The van der Waals surface area contributed by atoms with E-state index in [1.807, 2.05) is 41.9 Å². The average molecular weight is 521 g/mol. The molecule has 1 aliphatic heterocycles. The zero-order valence-electron chi connectivity index (χ0n) is 16.4. The first-order valence-electron chi connectivity index (χ1n) is 9.27. The van der Waals surface area contributed by atoms with Gasteiger partial charge in [-0.25, -0.2) is 0 Å². The minimum absolute atomic E-state index is 0.0803. The summed E-state index contributed by atoms with van der Waals surface area (Å²) in [7, 11) is 1.71. The summed E-state index contributed by atoms with van der Waals surface area (Å²) in [5.74, 6) is -0.913. The van der Waals surface area contributed by atoms with Gasteiger partial charge in [0, 0.05) is 53.6 Å². The summed E-state index contributed by atoms with van der Waals surface area (Å²) in [6.45, 7) is 3.80. The van der Waals surface area contributed by atoms with Crippen LogP contribution in [0.3, 0.4) is 0 Å². The van der Waals surface area contributed by atoms with Gasteiger partial charge >= 0.3 is 6.18 Å². The molecule has 0 aliphatic carbocycles. The second-order valence-electron chi connectivity index (χ2n) is 7.34. The molecule has 0 saturated heterocycles. The van der Waals surface area contributed by atoms with Crippen LogP contribution in [0.15, 0.2) is 23.0 Å². The molecular weight excluding hydrogens is 498 g/mol. The third-order valence-corrected chi connectivity index (χ3v) is 6.14. The Balaban J connectivity index is 1.90. The molecule has 2 aromatic rings. The van der Waals surface area contributed by atoms with Gasteiger partial charge in [-0.2, -0.15) is 13.2 Å². The molecule has 0 amide bonds. The SMILES string of the molecule is CC1=c2c(c3ccc(OCC(CC(C)C(F)(F)F)NI)cc3n(C)c2=O)=CCN1. The van der Waals surface area contributed by atoms with E-state index in [2.05, 4.69) is 8.85 Å². The first-order valence-corrected chi connectivity index (χ1v) is 10.3. The quantitative estimate of drug-likeness (QED) is 0.453. The topological polar surface area (TPSA) is 55.3 Å². The lowest BCUT2D eigenvalue weighted by atomic mass is 10.0. The van der Waals surface area contributed by atoms with Crippen LogP contribution in [0.1, 0.15) is 20.3 Å². The number of aryl methyl sites for hydroxylation is 1. The predicted molar refractivity (Wildman–Crippen MR) is 116 cm³/mol. The van der Waals surface area contributed by atoms with Crippen molar-refractivity contribution in [1.29, 1.82) is 0 Å². The molecule has 29 heavy (non-hydrogen) atoms. The first kappa shape index (κ1) is 21.9. The molecule has 9 heteroatoms. The number of aromatic nitrogens is 1. The minimum Gasteiger partial charge on any atom is -0.492 e. The van der Waals surface area contributed by atoms with Gasteiger partial charge in [-0.1, -0.05) is 13.0 Å². The highest BCUT2D eigenvalue weighted by atomic mass is 127. The molecule has 0 radical (unpaired) electrons. The van der Waals surface area contributed by atoms with Crippen LogP contribution in [0.25, 0.3) is 22.7 Å². The minimum atomic E-state index is -4.23. The van der Waals surface area contributed by atoms with Crippen molar-refractivity contribution in [3.63, 3.8) is 0 Å². The van der Waals surface area contributed by atoms with Gasteiger partial charge in [0.2, 0.25) is 0 Å². The van der Waals surface area contributed by atoms with Crippen LogP contribution in [0.4, 0.5) is 13.2 Å². The molecular formula is C20H23F3IN3O2. The normalized spacial score (nSPS) is 16.0. The van der Waals surface area contributed by atoms with Crippen molar-refractivity contribution in [2.45, 2.75) is 32.5 Å². The van der Waals surface area contributed by atoms with Crippen molar-refractivity contribution in [2.24, 2.45) is 13.0 Å². The Labute approximate surface area is 180 Å². The van der Waals surface area contributed by atoms with Crippen LogP contribution in [0, 0.1) is 5.92 Å². The van der Waals surface area contributed by atoms with E-state index >= 15 is 0 Å². The van der Waals surface area contributed by atoms with E-state index in [1.54, 1.807) is 23.7 Å². The molecule has 0 spiro atoms. The van der Waals surface area contributed by atoms with Crippen LogP contribution in [0.2, 0.25) is 0 Å². The largest absolute Gasteiger partial charge is 0.492 e. The number of rotatable bonds is 6. The molecule has 5 nitrogen and oxygen atoms in total. The molecule has 3 rings (SSSR count). The van der Waals surface area contributed by atoms with E-state index in [1.165, 1.54) is 6.92 Å². The zero-order chi connectivity index (χ0) is 21.3. The first-order chi connectivity index (χ1) is 13.6. The molecule has 158 valence electrons. The van der Waals surface area contributed by atoms with Crippen LogP contribution in [-0.4, -0.2) is 29.9 Å². The van der Waals surface area contributed by atoms with Crippen molar-refractivity contribution >= 4 is 45.5 Å². The highest BCUT2D eigenvalue weighted by molar-refractivity contribution is 14.1. The second kappa shape index (κ2) is 8.55. The Morgan fingerprint density at radius 3 is 2.76 bits per heavy atom. The summed E-state index contributed by atoms with van der Waals surface area (Å²) in [6, 6.07) is 4.99. The molecule has 1 aromatic carbocycles. The van der Waals surface area contributed by atoms with Gasteiger partial charge < -0.3 is 14.6 Å². The van der Waals surface area contributed by atoms with Crippen molar-refractivity contribution in [3.05, 3.63) is 39.0 Å². The van der Waals surface area contributed by atoms with E-state index in [0.29, 0.717) is 17.5 Å². The zero-order valence-corrected chi connectivity index (χ0v) is 18.5. The van der Waals surface area contributed by atoms with Crippen molar-refractivity contribution in [1.82, 2.24) is 13.4 Å².